The number of hydrogen-bond acceptors (Lipinski definition) is 3. The van der Waals surface area contributed by atoms with Crippen molar-refractivity contribution in [3.63, 3.8) is 0 Å². The first-order valence-electron chi connectivity index (χ1n) is 9.25. The average Bonchev–Trinajstić information content (AvgIpc) is 2.76. The third-order valence-electron chi connectivity index (χ3n) is 4.71. The zero-order valence-corrected chi connectivity index (χ0v) is 15.7. The van der Waals surface area contributed by atoms with E-state index >= 15 is 0 Å². The van der Waals surface area contributed by atoms with Gasteiger partial charge in [-0.15, -0.1) is 0 Å². The zero-order chi connectivity index (χ0) is 20.4. The van der Waals surface area contributed by atoms with Crippen molar-refractivity contribution >= 4 is 22.4 Å². The van der Waals surface area contributed by atoms with Gasteiger partial charge < -0.3 is 4.90 Å². The van der Waals surface area contributed by atoms with Crippen LogP contribution < -0.4 is 10.5 Å². The summed E-state index contributed by atoms with van der Waals surface area (Å²) in [6.07, 6.45) is 0. The van der Waals surface area contributed by atoms with Crippen LogP contribution in [0.15, 0.2) is 83.7 Å². The first-order chi connectivity index (χ1) is 14.1. The van der Waals surface area contributed by atoms with Crippen LogP contribution in [0.25, 0.3) is 16.5 Å². The summed E-state index contributed by atoms with van der Waals surface area (Å²) in [5, 5.41) is 5.31. The van der Waals surface area contributed by atoms with E-state index in [0.717, 1.165) is 0 Å². The summed E-state index contributed by atoms with van der Waals surface area (Å²) in [5.74, 6) is -0.738. The lowest BCUT2D eigenvalue weighted by Crippen LogP contribution is -2.34. The maximum atomic E-state index is 13.4. The standard InChI is InChI=1S/C23H18FN3O2/c1-2-26(17-14-12-16(24)13-15-17)23(29)21-19-10-6-7-11-20(19)22(28)27(25-21)18-8-4-3-5-9-18/h3-15H,2H2,1H3. The summed E-state index contributed by atoms with van der Waals surface area (Å²) < 4.78 is 14.6. The maximum absolute atomic E-state index is 13.4. The number of carbonyl (C=O) groups excluding carboxylic acids is 1. The van der Waals surface area contributed by atoms with Crippen LogP contribution in [0.3, 0.4) is 0 Å². The van der Waals surface area contributed by atoms with Crippen LogP contribution in [-0.2, 0) is 0 Å². The number of fused-ring (bicyclic) bond motifs is 1. The maximum Gasteiger partial charge on any atom is 0.279 e. The molecule has 0 bridgehead atoms. The van der Waals surface area contributed by atoms with E-state index in [4.69, 9.17) is 0 Å². The molecule has 0 aliphatic rings. The molecule has 0 aliphatic carbocycles. The third kappa shape index (κ3) is 3.40. The predicted octanol–water partition coefficient (Wildman–Crippen LogP) is 4.19. The molecule has 0 aliphatic heterocycles. The van der Waals surface area contributed by atoms with Crippen LogP contribution in [0.5, 0.6) is 0 Å². The van der Waals surface area contributed by atoms with E-state index in [1.165, 1.54) is 21.7 Å². The molecular weight excluding hydrogens is 369 g/mol. The number of rotatable bonds is 4. The summed E-state index contributed by atoms with van der Waals surface area (Å²) in [6.45, 7) is 2.20. The van der Waals surface area contributed by atoms with Crippen LogP contribution in [0.2, 0.25) is 0 Å². The Hall–Kier alpha value is -3.80. The van der Waals surface area contributed by atoms with Crippen LogP contribution in [0.1, 0.15) is 17.4 Å². The number of aromatic nitrogens is 2. The molecule has 0 atom stereocenters. The Labute approximate surface area is 166 Å². The molecule has 0 N–H and O–H groups in total. The molecule has 0 spiro atoms. The normalized spacial score (nSPS) is 10.8. The smallest absolute Gasteiger partial charge is 0.279 e. The Kier molecular flexibility index (Phi) is 4.91. The Balaban J connectivity index is 1.92. The van der Waals surface area contributed by atoms with Crippen LogP contribution in [-0.4, -0.2) is 22.2 Å². The van der Waals surface area contributed by atoms with E-state index in [-0.39, 0.29) is 23.0 Å². The van der Waals surface area contributed by atoms with Gasteiger partial charge in [0.1, 0.15) is 5.82 Å². The van der Waals surface area contributed by atoms with E-state index in [1.54, 1.807) is 60.7 Å². The van der Waals surface area contributed by atoms with Crippen molar-refractivity contribution < 1.29 is 9.18 Å². The van der Waals surface area contributed by atoms with E-state index in [1.807, 2.05) is 13.0 Å². The number of benzene rings is 3. The molecule has 1 heterocycles. The van der Waals surface area contributed by atoms with Gasteiger partial charge in [-0.2, -0.15) is 9.78 Å². The number of amides is 1. The van der Waals surface area contributed by atoms with Gasteiger partial charge in [-0.3, -0.25) is 9.59 Å². The van der Waals surface area contributed by atoms with Crippen molar-refractivity contribution in [3.8, 4) is 5.69 Å². The predicted molar refractivity (Wildman–Crippen MR) is 111 cm³/mol. The molecule has 144 valence electrons. The zero-order valence-electron chi connectivity index (χ0n) is 15.7. The van der Waals surface area contributed by atoms with E-state index in [9.17, 15) is 14.0 Å². The van der Waals surface area contributed by atoms with Gasteiger partial charge in [0.05, 0.1) is 11.1 Å². The van der Waals surface area contributed by atoms with Gasteiger partial charge in [-0.05, 0) is 49.4 Å². The number of hydrogen-bond donors (Lipinski definition) is 0. The molecule has 1 aromatic heterocycles. The molecule has 0 saturated carbocycles. The highest BCUT2D eigenvalue weighted by Gasteiger charge is 2.23. The fourth-order valence-corrected chi connectivity index (χ4v) is 3.28. The fraction of sp³-hybridized carbons (Fsp3) is 0.0870. The lowest BCUT2D eigenvalue weighted by molar-refractivity contribution is 0.0983. The molecule has 29 heavy (non-hydrogen) atoms. The van der Waals surface area contributed by atoms with Gasteiger partial charge >= 0.3 is 0 Å². The van der Waals surface area contributed by atoms with Crippen molar-refractivity contribution in [2.24, 2.45) is 0 Å². The number of para-hydroxylation sites is 1. The molecule has 1 amide bonds. The summed E-state index contributed by atoms with van der Waals surface area (Å²) in [7, 11) is 0. The van der Waals surface area contributed by atoms with Crippen molar-refractivity contribution in [1.82, 2.24) is 9.78 Å². The highest BCUT2D eigenvalue weighted by molar-refractivity contribution is 6.12. The van der Waals surface area contributed by atoms with Crippen molar-refractivity contribution in [3.05, 3.63) is 101 Å². The molecule has 0 saturated heterocycles. The summed E-state index contributed by atoms with van der Waals surface area (Å²) in [5.41, 5.74) is 0.993. The number of nitrogens with zero attached hydrogens (tertiary/aromatic N) is 3. The second-order valence-corrected chi connectivity index (χ2v) is 6.47. The van der Waals surface area contributed by atoms with Gasteiger partial charge in [-0.1, -0.05) is 36.4 Å². The Bertz CT molecular complexity index is 1230. The minimum absolute atomic E-state index is 0.162. The topological polar surface area (TPSA) is 55.2 Å². The molecule has 0 fully saturated rings. The lowest BCUT2D eigenvalue weighted by Gasteiger charge is -2.21. The van der Waals surface area contributed by atoms with Crippen LogP contribution in [0.4, 0.5) is 10.1 Å². The van der Waals surface area contributed by atoms with Gasteiger partial charge in [0.2, 0.25) is 0 Å². The third-order valence-corrected chi connectivity index (χ3v) is 4.71. The van der Waals surface area contributed by atoms with Crippen LogP contribution >= 0.6 is 0 Å². The second-order valence-electron chi connectivity index (χ2n) is 6.47. The number of carbonyl (C=O) groups is 1. The number of anilines is 1. The molecule has 0 unspecified atom stereocenters. The minimum atomic E-state index is -0.376. The largest absolute Gasteiger partial charge is 0.307 e. The monoisotopic (exact) mass is 387 g/mol. The molecule has 4 aromatic rings. The van der Waals surface area contributed by atoms with E-state index < -0.39 is 0 Å². The summed E-state index contributed by atoms with van der Waals surface area (Å²) >= 11 is 0. The fourth-order valence-electron chi connectivity index (χ4n) is 3.28. The van der Waals surface area contributed by atoms with Gasteiger partial charge in [0, 0.05) is 17.6 Å². The SMILES string of the molecule is CCN(C(=O)c1nn(-c2ccccc2)c(=O)c2ccccc12)c1ccc(F)cc1. The molecule has 4 rings (SSSR count). The van der Waals surface area contributed by atoms with Crippen molar-refractivity contribution in [1.29, 1.82) is 0 Å². The Morgan fingerprint density at radius 2 is 1.55 bits per heavy atom. The number of halogens is 1. The highest BCUT2D eigenvalue weighted by Crippen LogP contribution is 2.21. The van der Waals surface area contributed by atoms with E-state index in [0.29, 0.717) is 28.7 Å². The quantitative estimate of drug-likeness (QED) is 0.528. The van der Waals surface area contributed by atoms with Gasteiger partial charge in [0.25, 0.3) is 11.5 Å². The van der Waals surface area contributed by atoms with Crippen LogP contribution in [0, 0.1) is 5.82 Å². The summed E-state index contributed by atoms with van der Waals surface area (Å²) in [4.78, 5) is 27.9. The summed E-state index contributed by atoms with van der Waals surface area (Å²) in [6, 6.07) is 21.6. The molecule has 6 heteroatoms. The second kappa shape index (κ2) is 7.67. The first kappa shape index (κ1) is 18.6. The lowest BCUT2D eigenvalue weighted by atomic mass is 10.1. The van der Waals surface area contributed by atoms with Gasteiger partial charge in [0.15, 0.2) is 5.69 Å². The molecule has 3 aromatic carbocycles. The first-order valence-corrected chi connectivity index (χ1v) is 9.25. The molecule has 0 radical (unpaired) electrons. The molecular formula is C23H18FN3O2. The average molecular weight is 387 g/mol. The Morgan fingerprint density at radius 1 is 0.931 bits per heavy atom. The Morgan fingerprint density at radius 3 is 2.21 bits per heavy atom. The minimum Gasteiger partial charge on any atom is -0.307 e. The van der Waals surface area contributed by atoms with Crippen molar-refractivity contribution in [2.75, 3.05) is 11.4 Å². The van der Waals surface area contributed by atoms with Gasteiger partial charge in [-0.25, -0.2) is 4.39 Å². The van der Waals surface area contributed by atoms with Crippen molar-refractivity contribution in [2.45, 2.75) is 6.92 Å². The molecule has 5 nitrogen and oxygen atoms in total. The van der Waals surface area contributed by atoms with E-state index in [2.05, 4.69) is 5.10 Å². The highest BCUT2D eigenvalue weighted by atomic mass is 19.1.